The Morgan fingerprint density at radius 2 is 0.574 bits per heavy atom. The van der Waals surface area contributed by atoms with E-state index in [-0.39, 0.29) is 25.7 Å². The second-order valence-corrected chi connectivity index (χ2v) is 28.4. The number of phosphoric ester groups is 2. The Bertz CT molecular complexity index is 2090. The average molecular weight is 1370 g/mol. The Balaban J connectivity index is 5.35. The number of ether oxygens (including phenoxy) is 4. The highest BCUT2D eigenvalue weighted by Gasteiger charge is 2.30. The van der Waals surface area contributed by atoms with Crippen LogP contribution in [0.1, 0.15) is 317 Å². The van der Waals surface area contributed by atoms with Gasteiger partial charge in [-0.1, -0.05) is 262 Å². The number of rotatable bonds is 69. The Morgan fingerprint density at radius 1 is 0.330 bits per heavy atom. The minimum Gasteiger partial charge on any atom is -0.462 e. The van der Waals surface area contributed by atoms with Gasteiger partial charge in [0.05, 0.1) is 26.4 Å². The zero-order chi connectivity index (χ0) is 69.1. The highest BCUT2D eigenvalue weighted by atomic mass is 31.2. The average Bonchev–Trinajstić information content (AvgIpc) is 1.39. The van der Waals surface area contributed by atoms with Gasteiger partial charge in [0.15, 0.2) is 12.2 Å². The molecule has 0 heterocycles. The Labute approximate surface area is 571 Å². The second kappa shape index (κ2) is 66.7. The lowest BCUT2D eigenvalue weighted by Crippen LogP contribution is -2.30. The summed E-state index contributed by atoms with van der Waals surface area (Å²) >= 11 is 0. The van der Waals surface area contributed by atoms with Gasteiger partial charge in [-0.15, -0.1) is 0 Å². The Hall–Kier alpha value is -3.50. The lowest BCUT2D eigenvalue weighted by Gasteiger charge is -2.21. The zero-order valence-electron chi connectivity index (χ0n) is 59.5. The van der Waals surface area contributed by atoms with Crippen molar-refractivity contribution in [2.45, 2.75) is 335 Å². The van der Waals surface area contributed by atoms with Crippen molar-refractivity contribution in [3.8, 4) is 0 Å². The first-order valence-corrected chi connectivity index (χ1v) is 40.1. The molecule has 0 aliphatic carbocycles. The van der Waals surface area contributed by atoms with E-state index >= 15 is 0 Å². The van der Waals surface area contributed by atoms with Crippen LogP contribution in [0.25, 0.3) is 0 Å². The maximum atomic E-state index is 13.0. The molecule has 3 N–H and O–H groups in total. The summed E-state index contributed by atoms with van der Waals surface area (Å²) in [5.41, 5.74) is 0. The molecule has 0 aliphatic heterocycles. The molecule has 0 aliphatic rings. The van der Waals surface area contributed by atoms with Crippen LogP contribution in [0.3, 0.4) is 0 Å². The number of unbranched alkanes of at least 4 members (excludes halogenated alkanes) is 32. The third-order valence-electron chi connectivity index (χ3n) is 15.7. The van der Waals surface area contributed by atoms with Crippen molar-refractivity contribution in [3.63, 3.8) is 0 Å². The van der Waals surface area contributed by atoms with E-state index in [1.54, 1.807) is 0 Å². The van der Waals surface area contributed by atoms with E-state index in [1.165, 1.54) is 89.9 Å². The van der Waals surface area contributed by atoms with Crippen LogP contribution in [-0.2, 0) is 65.4 Å². The van der Waals surface area contributed by atoms with Gasteiger partial charge in [-0.2, -0.15) is 0 Å². The molecule has 2 unspecified atom stereocenters. The summed E-state index contributed by atoms with van der Waals surface area (Å²) in [5, 5.41) is 10.6. The molecule has 0 aromatic rings. The van der Waals surface area contributed by atoms with E-state index in [0.717, 1.165) is 141 Å². The largest absolute Gasteiger partial charge is 0.472 e. The van der Waals surface area contributed by atoms with Crippen LogP contribution in [0.5, 0.6) is 0 Å². The molecule has 0 aromatic carbocycles. The second-order valence-electron chi connectivity index (χ2n) is 25.5. The maximum absolute atomic E-state index is 13.0. The smallest absolute Gasteiger partial charge is 0.462 e. The summed E-state index contributed by atoms with van der Waals surface area (Å²) in [6.45, 7) is 6.99. The molecule has 0 fully saturated rings. The van der Waals surface area contributed by atoms with Gasteiger partial charge in [0, 0.05) is 25.7 Å². The first-order valence-electron chi connectivity index (χ1n) is 37.1. The van der Waals surface area contributed by atoms with Crippen LogP contribution in [0, 0.1) is 5.92 Å². The molecule has 546 valence electrons. The van der Waals surface area contributed by atoms with Crippen LogP contribution in [-0.4, -0.2) is 96.7 Å². The minimum atomic E-state index is -4.98. The predicted molar refractivity (Wildman–Crippen MR) is 381 cm³/mol. The molecule has 0 amide bonds. The molecule has 94 heavy (non-hydrogen) atoms. The quantitative estimate of drug-likeness (QED) is 0.0169. The van der Waals surface area contributed by atoms with Crippen molar-refractivity contribution in [1.29, 1.82) is 0 Å². The number of allylic oxidation sites excluding steroid dienone is 12. The number of aliphatic hydroxyl groups is 1. The molecule has 0 radical (unpaired) electrons. The highest BCUT2D eigenvalue weighted by Crippen LogP contribution is 2.45. The third-order valence-corrected chi connectivity index (χ3v) is 17.6. The third kappa shape index (κ3) is 67.1. The van der Waals surface area contributed by atoms with E-state index in [1.807, 2.05) is 0 Å². The van der Waals surface area contributed by atoms with Crippen LogP contribution in [0.4, 0.5) is 0 Å². The number of hydrogen-bond acceptors (Lipinski definition) is 15. The molecule has 0 saturated carbocycles. The van der Waals surface area contributed by atoms with Crippen molar-refractivity contribution < 1.29 is 80.2 Å². The van der Waals surface area contributed by atoms with E-state index in [9.17, 15) is 43.2 Å². The first kappa shape index (κ1) is 90.5. The molecule has 0 bridgehead atoms. The molecule has 0 aromatic heterocycles. The molecule has 5 atom stereocenters. The van der Waals surface area contributed by atoms with Crippen LogP contribution in [0.15, 0.2) is 72.9 Å². The van der Waals surface area contributed by atoms with Crippen LogP contribution >= 0.6 is 15.6 Å². The van der Waals surface area contributed by atoms with Gasteiger partial charge in [0.25, 0.3) is 0 Å². The Morgan fingerprint density at radius 3 is 0.862 bits per heavy atom. The minimum absolute atomic E-state index is 0.0755. The van der Waals surface area contributed by atoms with E-state index in [4.69, 9.17) is 37.0 Å². The zero-order valence-corrected chi connectivity index (χ0v) is 61.3. The summed E-state index contributed by atoms with van der Waals surface area (Å²) in [6.07, 6.45) is 63.6. The van der Waals surface area contributed by atoms with Crippen LogP contribution < -0.4 is 0 Å². The van der Waals surface area contributed by atoms with E-state index < -0.39 is 97.5 Å². The van der Waals surface area contributed by atoms with Crippen molar-refractivity contribution in [2.24, 2.45) is 5.92 Å². The standard InChI is InChI=1S/C75H134O17P2/c1-6-9-12-15-18-21-24-27-30-33-36-39-42-48-53-58-72(77)85-64-70(91-74(79)60-55-50-43-40-37-34-31-28-25-22-19-16-13-10-7-2)66-89-93(81,82)87-62-69(76)63-88-94(83,84)90-67-71(65-86-73(78)59-54-49-46-45-47-52-57-68(4)5)92-75(80)61-56-51-44-41-38-35-32-29-26-23-20-17-14-11-8-3/h21-32,68-71,76H,6-20,33-67H2,1-5H3,(H,81,82)(H,83,84)/b24-21-,25-22-,26-23-,30-27-,31-28-,32-29-/t69-,70-,71-/m1/s1. The number of hydrogen-bond donors (Lipinski definition) is 3. The fourth-order valence-electron chi connectivity index (χ4n) is 9.91. The SMILES string of the molecule is CCCCCC/C=C\C=C/CCCCCCCC(=O)OC[C@H](COP(=O)(O)OC[C@@H](O)COP(=O)(O)OC[C@@H](COC(=O)CCCCCCCCC(C)C)OC(=O)CCCCCCC/C=C\C=C/CCCCCC)OC(=O)CCCCCCC/C=C\C=C/CCCCCC. The summed E-state index contributed by atoms with van der Waals surface area (Å²) < 4.78 is 68.3. The lowest BCUT2D eigenvalue weighted by molar-refractivity contribution is -0.161. The van der Waals surface area contributed by atoms with E-state index in [2.05, 4.69) is 108 Å². The number of carbonyl (C=O) groups excluding carboxylic acids is 4. The van der Waals surface area contributed by atoms with Crippen molar-refractivity contribution in [1.82, 2.24) is 0 Å². The highest BCUT2D eigenvalue weighted by molar-refractivity contribution is 7.47. The van der Waals surface area contributed by atoms with E-state index in [0.29, 0.717) is 31.6 Å². The predicted octanol–water partition coefficient (Wildman–Crippen LogP) is 20.7. The van der Waals surface area contributed by atoms with Crippen molar-refractivity contribution in [2.75, 3.05) is 39.6 Å². The molecule has 17 nitrogen and oxygen atoms in total. The van der Waals surface area contributed by atoms with Crippen LogP contribution in [0.2, 0.25) is 0 Å². The molecular formula is C75H134O17P2. The molecule has 19 heteroatoms. The summed E-state index contributed by atoms with van der Waals surface area (Å²) in [6, 6.07) is 0. The molecular weight excluding hydrogens is 1230 g/mol. The van der Waals surface area contributed by atoms with Gasteiger partial charge >= 0.3 is 39.5 Å². The number of aliphatic hydroxyl groups excluding tert-OH is 1. The topological polar surface area (TPSA) is 237 Å². The van der Waals surface area contributed by atoms with Crippen molar-refractivity contribution >= 4 is 39.5 Å². The summed E-state index contributed by atoms with van der Waals surface area (Å²) in [5.74, 6) is -1.54. The Kier molecular flexibility index (Phi) is 64.2. The van der Waals surface area contributed by atoms with Gasteiger partial charge in [0.2, 0.25) is 0 Å². The van der Waals surface area contributed by atoms with Gasteiger partial charge in [-0.25, -0.2) is 9.13 Å². The lowest BCUT2D eigenvalue weighted by atomic mass is 10.0. The molecule has 0 spiro atoms. The van der Waals surface area contributed by atoms with Crippen molar-refractivity contribution in [3.05, 3.63) is 72.9 Å². The summed E-state index contributed by atoms with van der Waals surface area (Å²) in [4.78, 5) is 72.6. The number of carbonyl (C=O) groups is 4. The number of esters is 4. The number of phosphoric acid groups is 2. The van der Waals surface area contributed by atoms with Gasteiger partial charge in [0.1, 0.15) is 19.3 Å². The van der Waals surface area contributed by atoms with Gasteiger partial charge in [-0.05, 0) is 109 Å². The maximum Gasteiger partial charge on any atom is 0.472 e. The first-order chi connectivity index (χ1) is 45.5. The monoisotopic (exact) mass is 1370 g/mol. The fourth-order valence-corrected chi connectivity index (χ4v) is 11.5. The molecule has 0 saturated heterocycles. The summed E-state index contributed by atoms with van der Waals surface area (Å²) in [7, 11) is -9.94. The normalized spacial score (nSPS) is 14.5. The fraction of sp³-hybridized carbons (Fsp3) is 0.787. The van der Waals surface area contributed by atoms with Gasteiger partial charge < -0.3 is 33.8 Å². The van der Waals surface area contributed by atoms with Gasteiger partial charge in [-0.3, -0.25) is 37.3 Å². The molecule has 0 rings (SSSR count).